The second-order valence-corrected chi connectivity index (χ2v) is 5.19. The van der Waals surface area contributed by atoms with E-state index in [-0.39, 0.29) is 6.04 Å². The van der Waals surface area contributed by atoms with Crippen molar-refractivity contribution in [1.29, 1.82) is 0 Å². The fraction of sp³-hybridized carbons (Fsp3) is 0.533. The maximum Gasteiger partial charge on any atom is 0.210 e. The predicted octanol–water partition coefficient (Wildman–Crippen LogP) is 2.42. The van der Waals surface area contributed by atoms with Crippen LogP contribution in [0.15, 0.2) is 12.1 Å². The van der Waals surface area contributed by atoms with Gasteiger partial charge in [0.15, 0.2) is 11.5 Å². The van der Waals surface area contributed by atoms with Gasteiger partial charge in [0.05, 0.1) is 20.3 Å². The van der Waals surface area contributed by atoms with E-state index in [0.717, 1.165) is 30.9 Å². The van der Waals surface area contributed by atoms with Crippen molar-refractivity contribution in [2.24, 2.45) is 5.92 Å². The van der Waals surface area contributed by atoms with Crippen LogP contribution in [0.25, 0.3) is 0 Å². The van der Waals surface area contributed by atoms with E-state index in [4.69, 9.17) is 9.47 Å². The van der Waals surface area contributed by atoms with Crippen molar-refractivity contribution in [3.63, 3.8) is 0 Å². The molecule has 1 unspecified atom stereocenters. The Kier molecular flexibility index (Phi) is 3.98. The molecule has 1 aliphatic heterocycles. The van der Waals surface area contributed by atoms with E-state index in [0.29, 0.717) is 5.92 Å². The highest BCUT2D eigenvalue weighted by molar-refractivity contribution is 5.55. The van der Waals surface area contributed by atoms with E-state index in [1.54, 1.807) is 14.2 Å². The summed E-state index contributed by atoms with van der Waals surface area (Å²) in [5.74, 6) is 1.84. The van der Waals surface area contributed by atoms with Gasteiger partial charge in [0.2, 0.25) is 6.41 Å². The minimum atomic E-state index is 0.112. The molecule has 4 nitrogen and oxygen atoms in total. The number of fused-ring (bicyclic) bond motifs is 1. The van der Waals surface area contributed by atoms with Crippen LogP contribution in [0.5, 0.6) is 11.5 Å². The SMILES string of the molecule is COc1cc2c(cc1OC)C(C(C)C)N(C=O)CC2. The van der Waals surface area contributed by atoms with Crippen LogP contribution in [0.3, 0.4) is 0 Å². The van der Waals surface area contributed by atoms with E-state index in [1.807, 2.05) is 17.0 Å². The zero-order valence-corrected chi connectivity index (χ0v) is 12.0. The fourth-order valence-electron chi connectivity index (χ4n) is 2.86. The number of hydrogen-bond acceptors (Lipinski definition) is 3. The van der Waals surface area contributed by atoms with Gasteiger partial charge in [-0.05, 0) is 35.6 Å². The molecule has 0 bridgehead atoms. The Labute approximate surface area is 114 Å². The number of nitrogens with zero attached hydrogens (tertiary/aromatic N) is 1. The number of carbonyl (C=O) groups is 1. The quantitative estimate of drug-likeness (QED) is 0.783. The number of ether oxygens (including phenoxy) is 2. The highest BCUT2D eigenvalue weighted by Crippen LogP contribution is 2.40. The Balaban J connectivity index is 2.52. The molecule has 1 aliphatic rings. The zero-order valence-electron chi connectivity index (χ0n) is 12.0. The van der Waals surface area contributed by atoms with Crippen LogP contribution in [0, 0.1) is 5.92 Å². The van der Waals surface area contributed by atoms with Gasteiger partial charge < -0.3 is 14.4 Å². The zero-order chi connectivity index (χ0) is 14.0. The molecule has 19 heavy (non-hydrogen) atoms. The molecule has 0 radical (unpaired) electrons. The van der Waals surface area contributed by atoms with E-state index >= 15 is 0 Å². The Morgan fingerprint density at radius 2 is 1.89 bits per heavy atom. The molecular formula is C15H21NO3. The molecule has 4 heteroatoms. The number of methoxy groups -OCH3 is 2. The summed E-state index contributed by atoms with van der Waals surface area (Å²) in [7, 11) is 3.28. The van der Waals surface area contributed by atoms with Crippen molar-refractivity contribution in [3.05, 3.63) is 23.3 Å². The fourth-order valence-corrected chi connectivity index (χ4v) is 2.86. The number of benzene rings is 1. The lowest BCUT2D eigenvalue weighted by Crippen LogP contribution is -2.37. The topological polar surface area (TPSA) is 38.8 Å². The van der Waals surface area contributed by atoms with Crippen LogP contribution in [0.2, 0.25) is 0 Å². The van der Waals surface area contributed by atoms with Gasteiger partial charge in [0.25, 0.3) is 0 Å². The van der Waals surface area contributed by atoms with Crippen LogP contribution in [-0.2, 0) is 11.2 Å². The van der Waals surface area contributed by atoms with Crippen LogP contribution in [0.1, 0.15) is 31.0 Å². The van der Waals surface area contributed by atoms with Crippen LogP contribution >= 0.6 is 0 Å². The molecule has 2 rings (SSSR count). The number of hydrogen-bond donors (Lipinski definition) is 0. The first kappa shape index (κ1) is 13.7. The summed E-state index contributed by atoms with van der Waals surface area (Å²) in [6.45, 7) is 5.02. The maximum absolute atomic E-state index is 11.2. The third-order valence-corrected chi connectivity index (χ3v) is 3.73. The second kappa shape index (κ2) is 5.51. The maximum atomic E-state index is 11.2. The summed E-state index contributed by atoms with van der Waals surface area (Å²) in [6.07, 6.45) is 1.81. The molecule has 104 valence electrons. The van der Waals surface area contributed by atoms with Gasteiger partial charge in [-0.25, -0.2) is 0 Å². The van der Waals surface area contributed by atoms with E-state index in [1.165, 1.54) is 11.1 Å². The largest absolute Gasteiger partial charge is 0.493 e. The normalized spacial score (nSPS) is 18.2. The van der Waals surface area contributed by atoms with Gasteiger partial charge in [-0.15, -0.1) is 0 Å². The van der Waals surface area contributed by atoms with Crippen molar-refractivity contribution in [2.45, 2.75) is 26.3 Å². The van der Waals surface area contributed by atoms with Crippen molar-refractivity contribution in [2.75, 3.05) is 20.8 Å². The van der Waals surface area contributed by atoms with Gasteiger partial charge in [0.1, 0.15) is 0 Å². The minimum Gasteiger partial charge on any atom is -0.493 e. The third-order valence-electron chi connectivity index (χ3n) is 3.73. The first-order valence-electron chi connectivity index (χ1n) is 6.58. The molecular weight excluding hydrogens is 242 g/mol. The molecule has 0 aliphatic carbocycles. The number of rotatable bonds is 4. The summed E-state index contributed by atoms with van der Waals surface area (Å²) in [5.41, 5.74) is 2.42. The van der Waals surface area contributed by atoms with Gasteiger partial charge in [-0.1, -0.05) is 13.8 Å². The highest BCUT2D eigenvalue weighted by Gasteiger charge is 2.30. The second-order valence-electron chi connectivity index (χ2n) is 5.19. The van der Waals surface area contributed by atoms with Crippen molar-refractivity contribution < 1.29 is 14.3 Å². The molecule has 1 aromatic carbocycles. The minimum absolute atomic E-state index is 0.112. The molecule has 1 heterocycles. The van der Waals surface area contributed by atoms with E-state index in [2.05, 4.69) is 13.8 Å². The van der Waals surface area contributed by atoms with Gasteiger partial charge in [-0.3, -0.25) is 4.79 Å². The first-order chi connectivity index (χ1) is 9.12. The standard InChI is InChI=1S/C15H21NO3/c1-10(2)15-12-8-14(19-4)13(18-3)7-11(12)5-6-16(15)9-17/h7-10,15H,5-6H2,1-4H3. The van der Waals surface area contributed by atoms with E-state index in [9.17, 15) is 4.79 Å². The summed E-state index contributed by atoms with van der Waals surface area (Å²) >= 11 is 0. The average molecular weight is 263 g/mol. The number of amides is 1. The van der Waals surface area contributed by atoms with Gasteiger partial charge in [0, 0.05) is 6.54 Å². The lowest BCUT2D eigenvalue weighted by Gasteiger charge is -2.37. The Hall–Kier alpha value is -1.71. The Morgan fingerprint density at radius 3 is 2.42 bits per heavy atom. The average Bonchev–Trinajstić information content (AvgIpc) is 2.43. The molecule has 0 saturated heterocycles. The van der Waals surface area contributed by atoms with Crippen LogP contribution in [0.4, 0.5) is 0 Å². The summed E-state index contributed by atoms with van der Waals surface area (Å²) in [4.78, 5) is 13.1. The Morgan fingerprint density at radius 1 is 1.26 bits per heavy atom. The lowest BCUT2D eigenvalue weighted by atomic mass is 9.86. The third kappa shape index (κ3) is 2.39. The molecule has 1 aromatic rings. The summed E-state index contributed by atoms with van der Waals surface area (Å²) in [5, 5.41) is 0. The van der Waals surface area contributed by atoms with Crippen molar-refractivity contribution in [1.82, 2.24) is 4.90 Å². The van der Waals surface area contributed by atoms with Crippen LogP contribution in [-0.4, -0.2) is 32.1 Å². The molecule has 0 spiro atoms. The van der Waals surface area contributed by atoms with Crippen LogP contribution < -0.4 is 9.47 Å². The molecule has 0 N–H and O–H groups in total. The predicted molar refractivity (Wildman–Crippen MR) is 73.6 cm³/mol. The first-order valence-corrected chi connectivity index (χ1v) is 6.58. The summed E-state index contributed by atoms with van der Waals surface area (Å²) in [6, 6.07) is 4.15. The molecule has 1 atom stereocenters. The molecule has 0 aromatic heterocycles. The van der Waals surface area contributed by atoms with Crippen molar-refractivity contribution in [3.8, 4) is 11.5 Å². The molecule has 1 amide bonds. The highest BCUT2D eigenvalue weighted by atomic mass is 16.5. The van der Waals surface area contributed by atoms with Gasteiger partial charge >= 0.3 is 0 Å². The lowest BCUT2D eigenvalue weighted by molar-refractivity contribution is -0.121. The monoisotopic (exact) mass is 263 g/mol. The molecule has 0 fully saturated rings. The molecule has 0 saturated carbocycles. The van der Waals surface area contributed by atoms with Crippen molar-refractivity contribution >= 4 is 6.41 Å². The number of carbonyl (C=O) groups excluding carboxylic acids is 1. The smallest absolute Gasteiger partial charge is 0.210 e. The van der Waals surface area contributed by atoms with Gasteiger partial charge in [-0.2, -0.15) is 0 Å². The van der Waals surface area contributed by atoms with E-state index < -0.39 is 0 Å². The summed E-state index contributed by atoms with van der Waals surface area (Å²) < 4.78 is 10.7. The Bertz CT molecular complexity index is 471.